The predicted molar refractivity (Wildman–Crippen MR) is 57.5 cm³/mol. The van der Waals surface area contributed by atoms with Gasteiger partial charge < -0.3 is 5.11 Å². The van der Waals surface area contributed by atoms with Gasteiger partial charge in [-0.25, -0.2) is 0 Å². The zero-order valence-corrected chi connectivity index (χ0v) is 8.60. The number of nitrogens with zero attached hydrogens (tertiary/aromatic N) is 1. The van der Waals surface area contributed by atoms with Gasteiger partial charge >= 0.3 is 5.97 Å². The summed E-state index contributed by atoms with van der Waals surface area (Å²) in [4.78, 5) is 13.0. The number of hydrogen-bond acceptors (Lipinski definition) is 2. The first-order valence-electron chi connectivity index (χ1n) is 5.25. The molecule has 2 rings (SSSR count). The van der Waals surface area contributed by atoms with Crippen LogP contribution in [0, 0.1) is 5.92 Å². The van der Waals surface area contributed by atoms with Gasteiger partial charge in [0.15, 0.2) is 0 Å². The first-order valence-corrected chi connectivity index (χ1v) is 5.25. The summed E-state index contributed by atoms with van der Waals surface area (Å²) < 4.78 is 0. The Morgan fingerprint density at radius 2 is 2.13 bits per heavy atom. The van der Waals surface area contributed by atoms with Crippen molar-refractivity contribution in [3.63, 3.8) is 0 Å². The summed E-state index contributed by atoms with van der Waals surface area (Å²) in [5, 5.41) is 8.87. The van der Waals surface area contributed by atoms with Gasteiger partial charge in [-0.2, -0.15) is 0 Å². The topological polar surface area (TPSA) is 40.5 Å². The molecule has 1 aliphatic rings. The molecule has 1 aromatic carbocycles. The summed E-state index contributed by atoms with van der Waals surface area (Å²) in [5.41, 5.74) is 1.25. The third-order valence-electron chi connectivity index (χ3n) is 2.87. The summed E-state index contributed by atoms with van der Waals surface area (Å²) >= 11 is 0. The number of rotatable bonds is 3. The molecule has 1 aromatic rings. The number of hydrogen-bond donors (Lipinski definition) is 1. The van der Waals surface area contributed by atoms with Gasteiger partial charge in [0.25, 0.3) is 0 Å². The van der Waals surface area contributed by atoms with Crippen LogP contribution in [-0.2, 0) is 11.3 Å². The Morgan fingerprint density at radius 1 is 1.40 bits per heavy atom. The molecule has 1 atom stereocenters. The lowest BCUT2D eigenvalue weighted by atomic mass is 10.1. The van der Waals surface area contributed by atoms with Gasteiger partial charge in [-0.3, -0.25) is 9.69 Å². The monoisotopic (exact) mass is 205 g/mol. The summed E-state index contributed by atoms with van der Waals surface area (Å²) in [6, 6.07) is 10.2. The zero-order valence-electron chi connectivity index (χ0n) is 8.60. The van der Waals surface area contributed by atoms with E-state index in [1.807, 2.05) is 18.2 Å². The highest BCUT2D eigenvalue weighted by Crippen LogP contribution is 2.18. The van der Waals surface area contributed by atoms with Crippen LogP contribution in [0.4, 0.5) is 0 Å². The zero-order chi connectivity index (χ0) is 10.7. The highest BCUT2D eigenvalue weighted by Gasteiger charge is 2.27. The first kappa shape index (κ1) is 10.2. The van der Waals surface area contributed by atoms with Crippen molar-refractivity contribution in [3.05, 3.63) is 35.9 Å². The van der Waals surface area contributed by atoms with Gasteiger partial charge in [-0.15, -0.1) is 0 Å². The van der Waals surface area contributed by atoms with Crippen LogP contribution in [-0.4, -0.2) is 29.1 Å². The van der Waals surface area contributed by atoms with Crippen molar-refractivity contribution in [3.8, 4) is 0 Å². The van der Waals surface area contributed by atoms with Crippen LogP contribution >= 0.6 is 0 Å². The molecule has 0 unspecified atom stereocenters. The molecule has 1 N–H and O–H groups in total. The molecule has 80 valence electrons. The van der Waals surface area contributed by atoms with E-state index in [9.17, 15) is 4.79 Å². The number of carboxylic acid groups (broad SMARTS) is 1. The summed E-state index contributed by atoms with van der Waals surface area (Å²) in [7, 11) is 0. The SMILES string of the molecule is O=C(O)[C@@H]1CCN(Cc2ccccc2)C1. The lowest BCUT2D eigenvalue weighted by Gasteiger charge is -2.14. The van der Waals surface area contributed by atoms with Gasteiger partial charge in [-0.05, 0) is 18.5 Å². The average Bonchev–Trinajstić information content (AvgIpc) is 2.68. The molecule has 0 radical (unpaired) electrons. The van der Waals surface area contributed by atoms with Crippen molar-refractivity contribution in [1.82, 2.24) is 4.90 Å². The average molecular weight is 205 g/mol. The minimum Gasteiger partial charge on any atom is -0.481 e. The maximum atomic E-state index is 10.8. The summed E-state index contributed by atoms with van der Waals surface area (Å²) in [6.07, 6.45) is 0.780. The second kappa shape index (κ2) is 4.45. The lowest BCUT2D eigenvalue weighted by molar-refractivity contribution is -0.141. The highest BCUT2D eigenvalue weighted by atomic mass is 16.4. The number of likely N-dealkylation sites (tertiary alicyclic amines) is 1. The van der Waals surface area contributed by atoms with Crippen LogP contribution in [0.25, 0.3) is 0 Å². The Bertz CT molecular complexity index is 337. The van der Waals surface area contributed by atoms with E-state index in [1.165, 1.54) is 5.56 Å². The molecular weight excluding hydrogens is 190 g/mol. The maximum absolute atomic E-state index is 10.8. The van der Waals surface area contributed by atoms with Crippen molar-refractivity contribution in [2.75, 3.05) is 13.1 Å². The van der Waals surface area contributed by atoms with E-state index < -0.39 is 5.97 Å². The molecule has 3 heteroatoms. The van der Waals surface area contributed by atoms with Crippen LogP contribution in [0.2, 0.25) is 0 Å². The van der Waals surface area contributed by atoms with Crippen molar-refractivity contribution in [1.29, 1.82) is 0 Å². The van der Waals surface area contributed by atoms with Crippen molar-refractivity contribution in [2.45, 2.75) is 13.0 Å². The third kappa shape index (κ3) is 2.57. The van der Waals surface area contributed by atoms with Gasteiger partial charge in [0, 0.05) is 13.1 Å². The molecule has 0 amide bonds. The van der Waals surface area contributed by atoms with E-state index in [0.717, 1.165) is 19.5 Å². The van der Waals surface area contributed by atoms with E-state index >= 15 is 0 Å². The number of carbonyl (C=O) groups is 1. The number of carboxylic acids is 1. The Labute approximate surface area is 89.3 Å². The minimum absolute atomic E-state index is 0.172. The predicted octanol–water partition coefficient (Wildman–Crippen LogP) is 1.59. The van der Waals surface area contributed by atoms with Gasteiger partial charge in [0.05, 0.1) is 5.92 Å². The fraction of sp³-hybridized carbons (Fsp3) is 0.417. The van der Waals surface area contributed by atoms with Crippen LogP contribution in [0.15, 0.2) is 30.3 Å². The summed E-state index contributed by atoms with van der Waals surface area (Å²) in [6.45, 7) is 2.45. The fourth-order valence-corrected chi connectivity index (χ4v) is 2.02. The molecule has 3 nitrogen and oxygen atoms in total. The van der Waals surface area contributed by atoms with E-state index in [0.29, 0.717) is 6.54 Å². The lowest BCUT2D eigenvalue weighted by Crippen LogP contribution is -2.22. The number of aliphatic carboxylic acids is 1. The molecule has 1 heterocycles. The molecule has 1 saturated heterocycles. The maximum Gasteiger partial charge on any atom is 0.307 e. The van der Waals surface area contributed by atoms with Crippen LogP contribution in [0.5, 0.6) is 0 Å². The van der Waals surface area contributed by atoms with E-state index in [4.69, 9.17) is 5.11 Å². The Morgan fingerprint density at radius 3 is 2.73 bits per heavy atom. The molecule has 0 aromatic heterocycles. The summed E-state index contributed by atoms with van der Waals surface area (Å²) in [5.74, 6) is -0.834. The van der Waals surface area contributed by atoms with E-state index in [2.05, 4.69) is 17.0 Å². The van der Waals surface area contributed by atoms with Crippen molar-refractivity contribution >= 4 is 5.97 Å². The normalized spacial score (nSPS) is 21.7. The standard InChI is InChI=1S/C12H15NO2/c14-12(15)11-6-7-13(9-11)8-10-4-2-1-3-5-10/h1-5,11H,6-9H2,(H,14,15)/t11-/m1/s1. The van der Waals surface area contributed by atoms with E-state index in [1.54, 1.807) is 0 Å². The Kier molecular flexibility index (Phi) is 3.02. The van der Waals surface area contributed by atoms with Crippen molar-refractivity contribution < 1.29 is 9.90 Å². The molecule has 0 spiro atoms. The minimum atomic E-state index is -0.662. The Balaban J connectivity index is 1.90. The van der Waals surface area contributed by atoms with Crippen LogP contribution < -0.4 is 0 Å². The molecule has 15 heavy (non-hydrogen) atoms. The highest BCUT2D eigenvalue weighted by molar-refractivity contribution is 5.70. The second-order valence-corrected chi connectivity index (χ2v) is 4.04. The third-order valence-corrected chi connectivity index (χ3v) is 2.87. The molecule has 1 aliphatic heterocycles. The Hall–Kier alpha value is -1.35. The number of benzene rings is 1. The molecule has 0 aliphatic carbocycles. The van der Waals surface area contributed by atoms with E-state index in [-0.39, 0.29) is 5.92 Å². The fourth-order valence-electron chi connectivity index (χ4n) is 2.02. The van der Waals surface area contributed by atoms with Crippen molar-refractivity contribution in [2.24, 2.45) is 5.92 Å². The van der Waals surface area contributed by atoms with Gasteiger partial charge in [-0.1, -0.05) is 30.3 Å². The van der Waals surface area contributed by atoms with Crippen LogP contribution in [0.1, 0.15) is 12.0 Å². The molecule has 1 fully saturated rings. The quantitative estimate of drug-likeness (QED) is 0.814. The smallest absolute Gasteiger partial charge is 0.307 e. The van der Waals surface area contributed by atoms with Gasteiger partial charge in [0.2, 0.25) is 0 Å². The largest absolute Gasteiger partial charge is 0.481 e. The molecule has 0 bridgehead atoms. The first-order chi connectivity index (χ1) is 7.25. The molecule has 0 saturated carbocycles. The van der Waals surface area contributed by atoms with Crippen LogP contribution in [0.3, 0.4) is 0 Å². The molecular formula is C12H15NO2. The van der Waals surface area contributed by atoms with Gasteiger partial charge in [0.1, 0.15) is 0 Å². The second-order valence-electron chi connectivity index (χ2n) is 4.04.